The second-order valence-electron chi connectivity index (χ2n) is 3.31. The molecule has 1 atom stereocenters. The molecule has 1 aliphatic rings. The van der Waals surface area contributed by atoms with Crippen LogP contribution in [0.1, 0.15) is 24.4 Å². The van der Waals surface area contributed by atoms with Gasteiger partial charge in [-0.3, -0.25) is 0 Å². The third-order valence-electron chi connectivity index (χ3n) is 2.40. The topological polar surface area (TPSA) is 12.0 Å². The number of hydrogen-bond donors (Lipinski definition) is 1. The van der Waals surface area contributed by atoms with Gasteiger partial charge < -0.3 is 5.32 Å². The van der Waals surface area contributed by atoms with Crippen molar-refractivity contribution in [3.05, 3.63) is 34.6 Å². The van der Waals surface area contributed by atoms with Crippen LogP contribution in [-0.2, 0) is 0 Å². The van der Waals surface area contributed by atoms with E-state index in [1.807, 2.05) is 0 Å². The minimum Gasteiger partial charge on any atom is -0.310 e. The van der Waals surface area contributed by atoms with Gasteiger partial charge in [0.1, 0.15) is 5.82 Å². The molecule has 2 rings (SSSR count). The lowest BCUT2D eigenvalue weighted by molar-refractivity contribution is 0.617. The van der Waals surface area contributed by atoms with Crippen LogP contribution in [0.25, 0.3) is 0 Å². The van der Waals surface area contributed by atoms with Gasteiger partial charge in [0.05, 0.1) is 0 Å². The summed E-state index contributed by atoms with van der Waals surface area (Å²) in [4.78, 5) is 0. The van der Waals surface area contributed by atoms with Crippen molar-refractivity contribution in [3.8, 4) is 0 Å². The molecule has 0 saturated carbocycles. The fourth-order valence-electron chi connectivity index (χ4n) is 1.73. The Balaban J connectivity index is 0.000000980. The van der Waals surface area contributed by atoms with Gasteiger partial charge in [-0.2, -0.15) is 0 Å². The normalized spacial score (nSPS) is 20.6. The van der Waals surface area contributed by atoms with Crippen LogP contribution in [-0.4, -0.2) is 6.54 Å². The van der Waals surface area contributed by atoms with E-state index < -0.39 is 0 Å². The fourth-order valence-corrected chi connectivity index (χ4v) is 2.03. The summed E-state index contributed by atoms with van der Waals surface area (Å²) in [6.45, 7) is 1.03. The average Bonchev–Trinajstić information content (AvgIpc) is 2.56. The summed E-state index contributed by atoms with van der Waals surface area (Å²) in [5.74, 6) is -0.272. The lowest BCUT2D eigenvalue weighted by atomic mass is 10.1. The summed E-state index contributed by atoms with van der Waals surface area (Å²) >= 11 is 5.93. The zero-order valence-corrected chi connectivity index (χ0v) is 9.17. The van der Waals surface area contributed by atoms with Crippen molar-refractivity contribution in [1.29, 1.82) is 0 Å². The highest BCUT2D eigenvalue weighted by Gasteiger charge is 2.18. The molecule has 0 bridgehead atoms. The quantitative estimate of drug-likeness (QED) is 0.788. The van der Waals surface area contributed by atoms with Crippen LogP contribution in [0.2, 0.25) is 5.02 Å². The van der Waals surface area contributed by atoms with E-state index in [4.69, 9.17) is 11.6 Å². The highest BCUT2D eigenvalue weighted by atomic mass is 35.5. The molecule has 78 valence electrons. The van der Waals surface area contributed by atoms with Gasteiger partial charge in [0.25, 0.3) is 0 Å². The van der Waals surface area contributed by atoms with Gasteiger partial charge >= 0.3 is 0 Å². The molecule has 1 aromatic rings. The minimum absolute atomic E-state index is 0. The van der Waals surface area contributed by atoms with Crippen LogP contribution < -0.4 is 5.32 Å². The first-order chi connectivity index (χ1) is 6.27. The maximum atomic E-state index is 12.7. The molecule has 1 unspecified atom stereocenters. The average molecular weight is 236 g/mol. The van der Waals surface area contributed by atoms with Crippen LogP contribution >= 0.6 is 24.0 Å². The molecule has 1 nitrogen and oxygen atoms in total. The SMILES string of the molecule is Cl.Fc1ccc(C2CCCN2)c(Cl)c1. The van der Waals surface area contributed by atoms with Gasteiger partial charge in [-0.1, -0.05) is 17.7 Å². The number of nitrogens with one attached hydrogen (secondary N) is 1. The van der Waals surface area contributed by atoms with Gasteiger partial charge in [-0.25, -0.2) is 4.39 Å². The third-order valence-corrected chi connectivity index (χ3v) is 2.73. The van der Waals surface area contributed by atoms with Crippen LogP contribution in [0.15, 0.2) is 18.2 Å². The molecule has 14 heavy (non-hydrogen) atoms. The first-order valence-electron chi connectivity index (χ1n) is 4.46. The van der Waals surface area contributed by atoms with E-state index in [9.17, 15) is 4.39 Å². The van der Waals surface area contributed by atoms with Crippen molar-refractivity contribution >= 4 is 24.0 Å². The zero-order chi connectivity index (χ0) is 9.26. The fraction of sp³-hybridized carbons (Fsp3) is 0.400. The van der Waals surface area contributed by atoms with Crippen molar-refractivity contribution in [2.75, 3.05) is 6.54 Å². The lowest BCUT2D eigenvalue weighted by Gasteiger charge is -2.11. The van der Waals surface area contributed by atoms with E-state index >= 15 is 0 Å². The number of halogens is 3. The van der Waals surface area contributed by atoms with Crippen LogP contribution in [0.5, 0.6) is 0 Å². The van der Waals surface area contributed by atoms with Crippen LogP contribution in [0.4, 0.5) is 4.39 Å². The van der Waals surface area contributed by atoms with Crippen molar-refractivity contribution in [2.45, 2.75) is 18.9 Å². The molecule has 1 heterocycles. The molecule has 0 amide bonds. The summed E-state index contributed by atoms with van der Waals surface area (Å²) < 4.78 is 12.7. The van der Waals surface area contributed by atoms with Crippen LogP contribution in [0, 0.1) is 5.82 Å². The van der Waals surface area contributed by atoms with Gasteiger partial charge in [-0.05, 0) is 37.1 Å². The van der Waals surface area contributed by atoms with E-state index in [0.29, 0.717) is 11.1 Å². The minimum atomic E-state index is -0.272. The highest BCUT2D eigenvalue weighted by Crippen LogP contribution is 2.29. The number of rotatable bonds is 1. The van der Waals surface area contributed by atoms with Gasteiger partial charge in [0, 0.05) is 11.1 Å². The summed E-state index contributed by atoms with van der Waals surface area (Å²) in [5, 5.41) is 3.85. The van der Waals surface area contributed by atoms with E-state index in [2.05, 4.69) is 5.32 Å². The molecule has 1 aliphatic heterocycles. The molecular weight excluding hydrogens is 224 g/mol. The molecule has 0 radical (unpaired) electrons. The monoisotopic (exact) mass is 235 g/mol. The van der Waals surface area contributed by atoms with E-state index in [0.717, 1.165) is 18.5 Å². The van der Waals surface area contributed by atoms with Gasteiger partial charge in [-0.15, -0.1) is 12.4 Å². The molecule has 1 aromatic carbocycles. The van der Waals surface area contributed by atoms with Gasteiger partial charge in [0.2, 0.25) is 0 Å². The number of benzene rings is 1. The smallest absolute Gasteiger partial charge is 0.124 e. The lowest BCUT2D eigenvalue weighted by Crippen LogP contribution is -2.13. The van der Waals surface area contributed by atoms with Crippen molar-refractivity contribution in [1.82, 2.24) is 5.32 Å². The first kappa shape index (κ1) is 11.8. The Morgan fingerprint density at radius 1 is 1.43 bits per heavy atom. The number of hydrogen-bond acceptors (Lipinski definition) is 1. The Labute approximate surface area is 94.1 Å². The molecule has 1 N–H and O–H groups in total. The molecule has 4 heteroatoms. The first-order valence-corrected chi connectivity index (χ1v) is 4.83. The van der Waals surface area contributed by atoms with E-state index in [1.165, 1.54) is 18.6 Å². The van der Waals surface area contributed by atoms with Crippen LogP contribution in [0.3, 0.4) is 0 Å². The zero-order valence-electron chi connectivity index (χ0n) is 7.59. The van der Waals surface area contributed by atoms with Gasteiger partial charge in [0.15, 0.2) is 0 Å². The third kappa shape index (κ3) is 2.38. The molecule has 1 saturated heterocycles. The maximum absolute atomic E-state index is 12.7. The Kier molecular flexibility index (Phi) is 4.17. The Morgan fingerprint density at radius 3 is 2.79 bits per heavy atom. The molecule has 0 aliphatic carbocycles. The molecule has 0 aromatic heterocycles. The summed E-state index contributed by atoms with van der Waals surface area (Å²) in [6.07, 6.45) is 2.25. The summed E-state index contributed by atoms with van der Waals surface area (Å²) in [7, 11) is 0. The second-order valence-corrected chi connectivity index (χ2v) is 3.72. The summed E-state index contributed by atoms with van der Waals surface area (Å²) in [6, 6.07) is 4.91. The van der Waals surface area contributed by atoms with Crippen molar-refractivity contribution in [2.24, 2.45) is 0 Å². The largest absolute Gasteiger partial charge is 0.310 e. The maximum Gasteiger partial charge on any atom is 0.124 e. The standard InChI is InChI=1S/C10H11ClFN.ClH/c11-9-6-7(12)3-4-8(9)10-2-1-5-13-10;/h3-4,6,10,13H,1-2,5H2;1H. The second kappa shape index (κ2) is 4.96. The molecule has 1 fully saturated rings. The van der Waals surface area contributed by atoms with E-state index in [-0.39, 0.29) is 18.2 Å². The predicted octanol–water partition coefficient (Wildman–Crippen LogP) is 3.33. The van der Waals surface area contributed by atoms with Crippen molar-refractivity contribution in [3.63, 3.8) is 0 Å². The highest BCUT2D eigenvalue weighted by molar-refractivity contribution is 6.31. The molecule has 0 spiro atoms. The van der Waals surface area contributed by atoms with E-state index in [1.54, 1.807) is 6.07 Å². The predicted molar refractivity (Wildman–Crippen MR) is 58.6 cm³/mol. The summed E-state index contributed by atoms with van der Waals surface area (Å²) in [5.41, 5.74) is 1.01. The molecular formula is C10H12Cl2FN. The Morgan fingerprint density at radius 2 is 2.21 bits per heavy atom. The van der Waals surface area contributed by atoms with Crippen molar-refractivity contribution < 1.29 is 4.39 Å². The Hall–Kier alpha value is -0.310. The Bertz CT molecular complexity index is 311.